The molecule has 4 aromatic rings. The van der Waals surface area contributed by atoms with Crippen molar-refractivity contribution in [1.82, 2.24) is 14.9 Å². The number of hydrogen-bond donors (Lipinski definition) is 1. The number of thiophene rings is 1. The van der Waals surface area contributed by atoms with Crippen molar-refractivity contribution in [3.8, 4) is 0 Å². The summed E-state index contributed by atoms with van der Waals surface area (Å²) < 4.78 is 1.45. The number of para-hydroxylation sites is 2. The highest BCUT2D eigenvalue weighted by Gasteiger charge is 2.18. The fourth-order valence-electron chi connectivity index (χ4n) is 3.05. The van der Waals surface area contributed by atoms with Crippen molar-refractivity contribution in [1.29, 1.82) is 0 Å². The molecule has 1 amide bonds. The lowest BCUT2D eigenvalue weighted by Gasteiger charge is -2.19. The molecule has 0 aliphatic carbocycles. The summed E-state index contributed by atoms with van der Waals surface area (Å²) in [5.74, 6) is -0.226. The van der Waals surface area contributed by atoms with E-state index in [2.05, 4.69) is 10.3 Å². The van der Waals surface area contributed by atoms with E-state index >= 15 is 0 Å². The van der Waals surface area contributed by atoms with Crippen LogP contribution < -0.4 is 10.9 Å². The predicted octanol–water partition coefficient (Wildman–Crippen LogP) is 3.36. The average Bonchev–Trinajstić information content (AvgIpc) is 3.23. The van der Waals surface area contributed by atoms with Gasteiger partial charge in [0.2, 0.25) is 5.91 Å². The molecule has 1 N–H and O–H groups in total. The maximum atomic E-state index is 12.8. The number of amides is 1. The van der Waals surface area contributed by atoms with Crippen molar-refractivity contribution in [2.75, 3.05) is 0 Å². The van der Waals surface area contributed by atoms with E-state index in [1.54, 1.807) is 17.4 Å². The van der Waals surface area contributed by atoms with Gasteiger partial charge in [-0.05, 0) is 29.1 Å². The minimum absolute atomic E-state index is 0.0590. The van der Waals surface area contributed by atoms with E-state index in [9.17, 15) is 9.59 Å². The summed E-state index contributed by atoms with van der Waals surface area (Å²) in [6, 6.07) is 20.8. The summed E-state index contributed by atoms with van der Waals surface area (Å²) >= 11 is 1.59. The molecule has 1 atom stereocenters. The normalized spacial score (nSPS) is 12.0. The van der Waals surface area contributed by atoms with E-state index in [1.165, 1.54) is 10.8 Å². The van der Waals surface area contributed by atoms with Crippen molar-refractivity contribution in [2.24, 2.45) is 0 Å². The van der Waals surface area contributed by atoms with Crippen molar-refractivity contribution >= 4 is 28.3 Å². The van der Waals surface area contributed by atoms with Crippen molar-refractivity contribution in [2.45, 2.75) is 12.6 Å². The number of benzene rings is 2. The van der Waals surface area contributed by atoms with Crippen LogP contribution in [0.3, 0.4) is 0 Å². The first-order valence-electron chi connectivity index (χ1n) is 8.54. The minimum Gasteiger partial charge on any atom is -0.343 e. The van der Waals surface area contributed by atoms with Crippen LogP contribution in [-0.2, 0) is 11.3 Å². The number of carbonyl (C=O) groups excluding carboxylic acids is 1. The number of fused-ring (bicyclic) bond motifs is 1. The third-order valence-electron chi connectivity index (χ3n) is 4.32. The molecule has 0 saturated heterocycles. The molecule has 2 aromatic carbocycles. The lowest BCUT2D eigenvalue weighted by Crippen LogP contribution is -2.35. The Bertz CT molecular complexity index is 1120. The first-order valence-corrected chi connectivity index (χ1v) is 9.42. The monoisotopic (exact) mass is 375 g/mol. The number of aromatic nitrogens is 2. The van der Waals surface area contributed by atoms with Gasteiger partial charge in [0.25, 0.3) is 5.56 Å². The third kappa shape index (κ3) is 3.66. The highest BCUT2D eigenvalue weighted by Crippen LogP contribution is 2.25. The fraction of sp³-hybridized carbons (Fsp3) is 0.0952. The SMILES string of the molecule is O=C(Cn1c(=O)cnc2ccccc21)N[C@H](c1ccccc1)c1cccs1. The Morgan fingerprint density at radius 1 is 1.04 bits per heavy atom. The Hall–Kier alpha value is -3.25. The van der Waals surface area contributed by atoms with Crippen LogP contribution in [0.1, 0.15) is 16.5 Å². The molecular weight excluding hydrogens is 358 g/mol. The number of nitrogens with one attached hydrogen (secondary N) is 1. The van der Waals surface area contributed by atoms with Gasteiger partial charge in [-0.2, -0.15) is 0 Å². The number of carbonyl (C=O) groups is 1. The smallest absolute Gasteiger partial charge is 0.269 e. The molecule has 0 saturated carbocycles. The summed E-state index contributed by atoms with van der Waals surface area (Å²) in [4.78, 5) is 30.3. The first-order chi connectivity index (χ1) is 13.2. The van der Waals surface area contributed by atoms with Gasteiger partial charge >= 0.3 is 0 Å². The topological polar surface area (TPSA) is 64.0 Å². The molecule has 0 fully saturated rings. The van der Waals surface area contributed by atoms with Gasteiger partial charge in [-0.1, -0.05) is 48.5 Å². The highest BCUT2D eigenvalue weighted by atomic mass is 32.1. The molecule has 2 heterocycles. The molecular formula is C21H17N3O2S. The fourth-order valence-corrected chi connectivity index (χ4v) is 3.85. The standard InChI is InChI=1S/C21H17N3O2S/c25-19(14-24-17-10-5-4-9-16(17)22-13-20(24)26)23-21(18-11-6-12-27-18)15-7-2-1-3-8-15/h1-13,21H,14H2,(H,23,25)/t21-/m1/s1. The van der Waals surface area contributed by atoms with Gasteiger partial charge in [0, 0.05) is 4.88 Å². The van der Waals surface area contributed by atoms with Crippen LogP contribution >= 0.6 is 11.3 Å². The highest BCUT2D eigenvalue weighted by molar-refractivity contribution is 7.10. The second-order valence-electron chi connectivity index (χ2n) is 6.10. The van der Waals surface area contributed by atoms with E-state index in [4.69, 9.17) is 0 Å². The molecule has 0 unspecified atom stereocenters. The largest absolute Gasteiger partial charge is 0.343 e. The van der Waals surface area contributed by atoms with Crippen LogP contribution in [-0.4, -0.2) is 15.5 Å². The van der Waals surface area contributed by atoms with E-state index in [1.807, 2.05) is 66.0 Å². The van der Waals surface area contributed by atoms with Gasteiger partial charge in [-0.3, -0.25) is 14.2 Å². The second kappa shape index (κ2) is 7.55. The van der Waals surface area contributed by atoms with Crippen molar-refractivity contribution in [3.05, 3.63) is 99.1 Å². The van der Waals surface area contributed by atoms with Gasteiger partial charge < -0.3 is 5.32 Å². The van der Waals surface area contributed by atoms with Gasteiger partial charge in [0.1, 0.15) is 6.54 Å². The van der Waals surface area contributed by atoms with Crippen LogP contribution in [0.4, 0.5) is 0 Å². The molecule has 0 spiro atoms. The Morgan fingerprint density at radius 3 is 2.59 bits per heavy atom. The van der Waals surface area contributed by atoms with Gasteiger partial charge in [-0.25, -0.2) is 4.98 Å². The maximum Gasteiger partial charge on any atom is 0.269 e. The lowest BCUT2D eigenvalue weighted by atomic mass is 10.1. The number of nitrogens with zero attached hydrogens (tertiary/aromatic N) is 2. The molecule has 0 bridgehead atoms. The third-order valence-corrected chi connectivity index (χ3v) is 5.26. The summed E-state index contributed by atoms with van der Waals surface area (Å²) in [5, 5.41) is 5.05. The van der Waals surface area contributed by atoms with E-state index < -0.39 is 0 Å². The zero-order chi connectivity index (χ0) is 18.6. The average molecular weight is 375 g/mol. The summed E-state index contributed by atoms with van der Waals surface area (Å²) in [7, 11) is 0. The quantitative estimate of drug-likeness (QED) is 0.582. The minimum atomic E-state index is -0.295. The molecule has 0 aliphatic rings. The van der Waals surface area contributed by atoms with E-state index in [-0.39, 0.29) is 24.1 Å². The zero-order valence-corrected chi connectivity index (χ0v) is 15.2. The zero-order valence-electron chi connectivity index (χ0n) is 14.4. The molecule has 4 rings (SSSR count). The van der Waals surface area contributed by atoms with Crippen LogP contribution in [0.5, 0.6) is 0 Å². The molecule has 2 aromatic heterocycles. The Labute approximate surface area is 159 Å². The molecule has 0 aliphatic heterocycles. The molecule has 5 nitrogen and oxygen atoms in total. The summed E-state index contributed by atoms with van der Waals surface area (Å²) in [6.45, 7) is -0.0590. The maximum absolute atomic E-state index is 12.8. The second-order valence-corrected chi connectivity index (χ2v) is 7.08. The van der Waals surface area contributed by atoms with Crippen molar-refractivity contribution < 1.29 is 4.79 Å². The molecule has 27 heavy (non-hydrogen) atoms. The van der Waals surface area contributed by atoms with Crippen LogP contribution in [0, 0.1) is 0 Å². The predicted molar refractivity (Wildman–Crippen MR) is 107 cm³/mol. The van der Waals surface area contributed by atoms with Gasteiger partial charge in [0.15, 0.2) is 0 Å². The first kappa shape index (κ1) is 17.2. The summed E-state index contributed by atoms with van der Waals surface area (Å²) in [5.41, 5.74) is 2.03. The van der Waals surface area contributed by atoms with Crippen LogP contribution in [0.15, 0.2) is 83.1 Å². The Balaban J connectivity index is 1.63. The summed E-state index contributed by atoms with van der Waals surface area (Å²) in [6.07, 6.45) is 1.25. The van der Waals surface area contributed by atoms with Crippen LogP contribution in [0.25, 0.3) is 11.0 Å². The molecule has 134 valence electrons. The lowest BCUT2D eigenvalue weighted by molar-refractivity contribution is -0.122. The van der Waals surface area contributed by atoms with Crippen LogP contribution in [0.2, 0.25) is 0 Å². The van der Waals surface area contributed by atoms with Crippen molar-refractivity contribution in [3.63, 3.8) is 0 Å². The number of rotatable bonds is 5. The molecule has 6 heteroatoms. The van der Waals surface area contributed by atoms with Gasteiger partial charge in [-0.15, -0.1) is 11.3 Å². The Kier molecular flexibility index (Phi) is 4.80. The van der Waals surface area contributed by atoms with E-state index in [0.717, 1.165) is 10.4 Å². The molecule has 0 radical (unpaired) electrons. The Morgan fingerprint density at radius 2 is 1.81 bits per heavy atom. The van der Waals surface area contributed by atoms with Gasteiger partial charge in [0.05, 0.1) is 23.3 Å². The van der Waals surface area contributed by atoms with E-state index in [0.29, 0.717) is 11.0 Å². The number of hydrogen-bond acceptors (Lipinski definition) is 4.